The summed E-state index contributed by atoms with van der Waals surface area (Å²) in [6.45, 7) is 6.38. The van der Waals surface area contributed by atoms with Gasteiger partial charge >= 0.3 is 0 Å². The van der Waals surface area contributed by atoms with Gasteiger partial charge in [0.25, 0.3) is 5.91 Å². The molecule has 4 heteroatoms. The average Bonchev–Trinajstić information content (AvgIpc) is 2.47. The molecule has 1 aromatic carbocycles. The highest BCUT2D eigenvalue weighted by molar-refractivity contribution is 6.05. The smallest absolute Gasteiger partial charge is 0.255 e. The first-order valence-electron chi connectivity index (χ1n) is 6.81. The third kappa shape index (κ3) is 3.60. The summed E-state index contributed by atoms with van der Waals surface area (Å²) in [5.74, 6) is 0.465. The van der Waals surface area contributed by atoms with Crippen molar-refractivity contribution in [3.8, 4) is 5.75 Å². The molecule has 0 unspecified atom stereocenters. The summed E-state index contributed by atoms with van der Waals surface area (Å²) in [6.07, 6.45) is 3.19. The monoisotopic (exact) mass is 284 g/mol. The number of carbonyl (C=O) groups excluding carboxylic acids is 1. The number of aromatic nitrogens is 1. The van der Waals surface area contributed by atoms with E-state index in [4.69, 9.17) is 4.74 Å². The van der Waals surface area contributed by atoms with E-state index in [0.29, 0.717) is 17.0 Å². The Balaban J connectivity index is 2.32. The Kier molecular flexibility index (Phi) is 4.26. The van der Waals surface area contributed by atoms with Crippen LogP contribution in [0.3, 0.4) is 0 Å². The second-order valence-corrected chi connectivity index (χ2v) is 5.86. The van der Waals surface area contributed by atoms with Crippen molar-refractivity contribution in [2.45, 2.75) is 26.2 Å². The van der Waals surface area contributed by atoms with Crippen LogP contribution in [0.15, 0.2) is 42.7 Å². The maximum absolute atomic E-state index is 12.2. The van der Waals surface area contributed by atoms with Gasteiger partial charge in [0, 0.05) is 18.0 Å². The lowest BCUT2D eigenvalue weighted by atomic mass is 9.87. The second-order valence-electron chi connectivity index (χ2n) is 5.86. The fraction of sp³-hybridized carbons (Fsp3) is 0.294. The molecule has 1 amide bonds. The van der Waals surface area contributed by atoms with Crippen molar-refractivity contribution >= 4 is 11.6 Å². The zero-order chi connectivity index (χ0) is 15.5. The minimum absolute atomic E-state index is 0.00240. The lowest BCUT2D eigenvalue weighted by Gasteiger charge is -2.21. The first-order valence-corrected chi connectivity index (χ1v) is 6.81. The molecule has 0 aliphatic heterocycles. The third-order valence-corrected chi connectivity index (χ3v) is 3.26. The Morgan fingerprint density at radius 1 is 1.14 bits per heavy atom. The maximum Gasteiger partial charge on any atom is 0.255 e. The molecule has 0 saturated heterocycles. The van der Waals surface area contributed by atoms with Gasteiger partial charge in [-0.15, -0.1) is 0 Å². The van der Waals surface area contributed by atoms with Crippen LogP contribution in [0.25, 0.3) is 0 Å². The Morgan fingerprint density at radius 2 is 1.81 bits per heavy atom. The van der Waals surface area contributed by atoms with Gasteiger partial charge in [-0.3, -0.25) is 9.78 Å². The number of rotatable bonds is 3. The predicted molar refractivity (Wildman–Crippen MR) is 83.9 cm³/mol. The molecule has 0 radical (unpaired) electrons. The molecule has 0 aliphatic rings. The highest BCUT2D eigenvalue weighted by atomic mass is 16.5. The molecule has 0 saturated carbocycles. The highest BCUT2D eigenvalue weighted by Crippen LogP contribution is 2.31. The second kappa shape index (κ2) is 5.95. The van der Waals surface area contributed by atoms with Crippen molar-refractivity contribution in [3.05, 3.63) is 53.9 Å². The summed E-state index contributed by atoms with van der Waals surface area (Å²) in [5.41, 5.74) is 2.37. The Labute approximate surface area is 125 Å². The number of anilines is 1. The minimum atomic E-state index is -0.179. The number of ether oxygens (including phenoxy) is 1. The van der Waals surface area contributed by atoms with Crippen LogP contribution in [-0.4, -0.2) is 18.0 Å². The van der Waals surface area contributed by atoms with Crippen molar-refractivity contribution in [1.82, 2.24) is 4.98 Å². The number of pyridine rings is 1. The number of nitrogens with one attached hydrogen (secondary N) is 1. The normalized spacial score (nSPS) is 11.0. The van der Waals surface area contributed by atoms with Crippen molar-refractivity contribution in [2.24, 2.45) is 0 Å². The first-order chi connectivity index (χ1) is 9.91. The molecule has 1 N–H and O–H groups in total. The van der Waals surface area contributed by atoms with Gasteiger partial charge in [0.15, 0.2) is 0 Å². The molecule has 2 aromatic rings. The standard InChI is InChI=1S/C17H20N2O2/c1-17(2,3)13-5-6-15(21-4)14(11-13)19-16(20)12-7-9-18-10-8-12/h5-11H,1-4H3,(H,19,20). The molecule has 0 aliphatic carbocycles. The number of nitrogens with zero attached hydrogens (tertiary/aromatic N) is 1. The van der Waals surface area contributed by atoms with Crippen LogP contribution in [0.4, 0.5) is 5.69 Å². The highest BCUT2D eigenvalue weighted by Gasteiger charge is 2.17. The summed E-state index contributed by atoms with van der Waals surface area (Å²) >= 11 is 0. The number of hydrogen-bond donors (Lipinski definition) is 1. The summed E-state index contributed by atoms with van der Waals surface area (Å²) in [7, 11) is 1.59. The van der Waals surface area contributed by atoms with Crippen LogP contribution in [0, 0.1) is 0 Å². The van der Waals surface area contributed by atoms with Gasteiger partial charge in [-0.1, -0.05) is 26.8 Å². The van der Waals surface area contributed by atoms with E-state index in [9.17, 15) is 4.79 Å². The van der Waals surface area contributed by atoms with E-state index in [1.165, 1.54) is 0 Å². The molecular formula is C17H20N2O2. The van der Waals surface area contributed by atoms with Gasteiger partial charge in [-0.2, -0.15) is 0 Å². The topological polar surface area (TPSA) is 51.2 Å². The average molecular weight is 284 g/mol. The lowest BCUT2D eigenvalue weighted by molar-refractivity contribution is 0.102. The molecule has 4 nitrogen and oxygen atoms in total. The Bertz CT molecular complexity index is 631. The summed E-state index contributed by atoms with van der Waals surface area (Å²) in [4.78, 5) is 16.2. The molecule has 1 aromatic heterocycles. The predicted octanol–water partition coefficient (Wildman–Crippen LogP) is 3.64. The van der Waals surface area contributed by atoms with Crippen molar-refractivity contribution in [3.63, 3.8) is 0 Å². The minimum Gasteiger partial charge on any atom is -0.495 e. The Morgan fingerprint density at radius 3 is 2.38 bits per heavy atom. The van der Waals surface area contributed by atoms with Gasteiger partial charge in [0.05, 0.1) is 12.8 Å². The lowest BCUT2D eigenvalue weighted by Crippen LogP contribution is -2.15. The van der Waals surface area contributed by atoms with Crippen LogP contribution >= 0.6 is 0 Å². The molecule has 110 valence electrons. The molecule has 2 rings (SSSR count). The van der Waals surface area contributed by atoms with Crippen LogP contribution < -0.4 is 10.1 Å². The maximum atomic E-state index is 12.2. The van der Waals surface area contributed by atoms with Crippen LogP contribution in [0.5, 0.6) is 5.75 Å². The fourth-order valence-electron chi connectivity index (χ4n) is 1.97. The van der Waals surface area contributed by atoms with Crippen LogP contribution in [0.2, 0.25) is 0 Å². The van der Waals surface area contributed by atoms with E-state index in [-0.39, 0.29) is 11.3 Å². The number of amides is 1. The fourth-order valence-corrected chi connectivity index (χ4v) is 1.97. The molecular weight excluding hydrogens is 264 g/mol. The Hall–Kier alpha value is -2.36. The molecule has 21 heavy (non-hydrogen) atoms. The number of carbonyl (C=O) groups is 1. The van der Waals surface area contributed by atoms with Gasteiger partial charge in [0.1, 0.15) is 5.75 Å². The van der Waals surface area contributed by atoms with E-state index >= 15 is 0 Å². The SMILES string of the molecule is COc1ccc(C(C)(C)C)cc1NC(=O)c1ccncc1. The molecule has 0 bridgehead atoms. The van der Waals surface area contributed by atoms with E-state index in [1.807, 2.05) is 18.2 Å². The van der Waals surface area contributed by atoms with Crippen molar-refractivity contribution in [1.29, 1.82) is 0 Å². The van der Waals surface area contributed by atoms with Crippen LogP contribution in [0.1, 0.15) is 36.7 Å². The number of methoxy groups -OCH3 is 1. The van der Waals surface area contributed by atoms with E-state index in [0.717, 1.165) is 5.56 Å². The molecule has 0 spiro atoms. The summed E-state index contributed by atoms with van der Waals surface area (Å²) in [5, 5.41) is 2.90. The largest absolute Gasteiger partial charge is 0.495 e. The quantitative estimate of drug-likeness (QED) is 0.936. The number of hydrogen-bond acceptors (Lipinski definition) is 3. The first kappa shape index (κ1) is 15.0. The summed E-state index contributed by atoms with van der Waals surface area (Å²) in [6, 6.07) is 9.20. The zero-order valence-corrected chi connectivity index (χ0v) is 12.8. The molecule has 1 heterocycles. The van der Waals surface area contributed by atoms with Gasteiger partial charge < -0.3 is 10.1 Å². The van der Waals surface area contributed by atoms with Crippen molar-refractivity contribution < 1.29 is 9.53 Å². The van der Waals surface area contributed by atoms with Crippen LogP contribution in [-0.2, 0) is 5.41 Å². The number of benzene rings is 1. The molecule has 0 fully saturated rings. The van der Waals surface area contributed by atoms with E-state index < -0.39 is 0 Å². The van der Waals surface area contributed by atoms with E-state index in [2.05, 4.69) is 31.1 Å². The van der Waals surface area contributed by atoms with Crippen molar-refractivity contribution in [2.75, 3.05) is 12.4 Å². The third-order valence-electron chi connectivity index (χ3n) is 3.26. The van der Waals surface area contributed by atoms with Gasteiger partial charge in [-0.05, 0) is 35.2 Å². The molecule has 0 atom stereocenters. The van der Waals surface area contributed by atoms with Gasteiger partial charge in [0.2, 0.25) is 0 Å². The summed E-state index contributed by atoms with van der Waals surface area (Å²) < 4.78 is 5.32. The van der Waals surface area contributed by atoms with Gasteiger partial charge in [-0.25, -0.2) is 0 Å². The zero-order valence-electron chi connectivity index (χ0n) is 12.8. The van der Waals surface area contributed by atoms with E-state index in [1.54, 1.807) is 31.6 Å².